The first-order chi connectivity index (χ1) is 12.6. The maximum atomic E-state index is 12.8. The van der Waals surface area contributed by atoms with Crippen LogP contribution in [0.2, 0.25) is 5.02 Å². The van der Waals surface area contributed by atoms with Crippen molar-refractivity contribution in [1.29, 1.82) is 0 Å². The number of rotatable bonds is 4. The molecule has 2 heterocycles. The van der Waals surface area contributed by atoms with E-state index in [0.717, 1.165) is 5.75 Å². The van der Waals surface area contributed by atoms with Crippen LogP contribution in [0.1, 0.15) is 12.8 Å². The minimum atomic E-state index is -0.746. The summed E-state index contributed by atoms with van der Waals surface area (Å²) in [5.74, 6) is 1.93. The molecule has 2 amide bonds. The van der Waals surface area contributed by atoms with E-state index in [4.69, 9.17) is 16.3 Å². The van der Waals surface area contributed by atoms with Crippen molar-refractivity contribution >= 4 is 40.9 Å². The Morgan fingerprint density at radius 3 is 2.73 bits per heavy atom. The summed E-state index contributed by atoms with van der Waals surface area (Å²) in [5, 5.41) is 3.47. The van der Waals surface area contributed by atoms with Gasteiger partial charge in [0.05, 0.1) is 5.02 Å². The second-order valence-corrected chi connectivity index (χ2v) is 7.97. The Morgan fingerprint density at radius 2 is 1.96 bits per heavy atom. The summed E-state index contributed by atoms with van der Waals surface area (Å²) in [7, 11) is 0. The van der Waals surface area contributed by atoms with Gasteiger partial charge in [-0.3, -0.25) is 9.59 Å². The van der Waals surface area contributed by atoms with Crippen molar-refractivity contribution < 1.29 is 14.3 Å². The van der Waals surface area contributed by atoms with Crippen LogP contribution in [-0.4, -0.2) is 33.9 Å². The average Bonchev–Trinajstić information content (AvgIpc) is 3.21. The molecule has 5 nitrogen and oxygen atoms in total. The van der Waals surface area contributed by atoms with Gasteiger partial charge in [-0.25, -0.2) is 0 Å². The number of hydrogen-bond acceptors (Lipinski definition) is 4. The number of amides is 2. The highest BCUT2D eigenvalue weighted by atomic mass is 35.5. The molecule has 2 saturated heterocycles. The van der Waals surface area contributed by atoms with E-state index >= 15 is 0 Å². The fraction of sp³-hybridized carbons (Fsp3) is 0.263. The SMILES string of the molecule is O=C1CCC2(C(=O)Nc3ccc(Oc4ccccc4Cl)cc3)SCCN12. The maximum Gasteiger partial charge on any atom is 0.260 e. The minimum Gasteiger partial charge on any atom is -0.456 e. The highest BCUT2D eigenvalue weighted by molar-refractivity contribution is 8.01. The van der Waals surface area contributed by atoms with Gasteiger partial charge in [0, 0.05) is 24.4 Å². The lowest BCUT2D eigenvalue weighted by Crippen LogP contribution is -2.48. The van der Waals surface area contributed by atoms with E-state index in [-0.39, 0.29) is 11.8 Å². The molecular weight excluding hydrogens is 372 g/mol. The maximum absolute atomic E-state index is 12.8. The van der Waals surface area contributed by atoms with Crippen LogP contribution >= 0.6 is 23.4 Å². The van der Waals surface area contributed by atoms with Crippen molar-refractivity contribution in [3.05, 3.63) is 53.6 Å². The molecule has 2 aliphatic rings. The topological polar surface area (TPSA) is 58.6 Å². The number of ether oxygens (including phenoxy) is 1. The molecule has 2 aromatic carbocycles. The largest absolute Gasteiger partial charge is 0.456 e. The Balaban J connectivity index is 1.45. The third kappa shape index (κ3) is 3.04. The number of carbonyl (C=O) groups is 2. The lowest BCUT2D eigenvalue weighted by molar-refractivity contribution is -0.133. The van der Waals surface area contributed by atoms with Crippen molar-refractivity contribution in [3.63, 3.8) is 0 Å². The third-order valence-electron chi connectivity index (χ3n) is 4.60. The van der Waals surface area contributed by atoms with Gasteiger partial charge in [-0.15, -0.1) is 11.8 Å². The van der Waals surface area contributed by atoms with Crippen LogP contribution < -0.4 is 10.1 Å². The first-order valence-electron chi connectivity index (χ1n) is 8.37. The number of benzene rings is 2. The normalized spacial score (nSPS) is 21.6. The van der Waals surface area contributed by atoms with Gasteiger partial charge in [0.15, 0.2) is 4.87 Å². The highest BCUT2D eigenvalue weighted by Crippen LogP contribution is 2.45. The van der Waals surface area contributed by atoms with Crippen molar-refractivity contribution in [1.82, 2.24) is 4.90 Å². The first kappa shape index (κ1) is 17.2. The van der Waals surface area contributed by atoms with Gasteiger partial charge >= 0.3 is 0 Å². The average molecular weight is 389 g/mol. The Kier molecular flexibility index (Phi) is 4.54. The van der Waals surface area contributed by atoms with Gasteiger partial charge in [-0.1, -0.05) is 23.7 Å². The van der Waals surface area contributed by atoms with E-state index in [0.29, 0.717) is 41.6 Å². The molecule has 2 aliphatic heterocycles. The molecule has 7 heteroatoms. The van der Waals surface area contributed by atoms with E-state index < -0.39 is 4.87 Å². The Bertz CT molecular complexity index is 858. The van der Waals surface area contributed by atoms with Gasteiger partial charge in [-0.05, 0) is 42.8 Å². The standard InChI is InChI=1S/C19H17ClN2O3S/c20-15-3-1-2-4-16(15)25-14-7-5-13(6-8-14)21-18(24)19-10-9-17(23)22(19)11-12-26-19/h1-8H,9-12H2,(H,21,24). The van der Waals surface area contributed by atoms with Gasteiger partial charge in [0.2, 0.25) is 5.91 Å². The van der Waals surface area contributed by atoms with Crippen molar-refractivity contribution in [3.8, 4) is 11.5 Å². The van der Waals surface area contributed by atoms with E-state index in [9.17, 15) is 9.59 Å². The van der Waals surface area contributed by atoms with E-state index in [1.54, 1.807) is 53.1 Å². The molecule has 1 unspecified atom stereocenters. The fourth-order valence-electron chi connectivity index (χ4n) is 3.30. The van der Waals surface area contributed by atoms with E-state index in [1.165, 1.54) is 0 Å². The minimum absolute atomic E-state index is 0.0636. The molecule has 0 spiro atoms. The molecule has 0 aromatic heterocycles. The van der Waals surface area contributed by atoms with Crippen molar-refractivity contribution in [2.24, 2.45) is 0 Å². The van der Waals surface area contributed by atoms with Crippen LogP contribution in [0.3, 0.4) is 0 Å². The molecule has 26 heavy (non-hydrogen) atoms. The number of halogens is 1. The zero-order valence-corrected chi connectivity index (χ0v) is 15.5. The van der Waals surface area contributed by atoms with Gasteiger partial charge in [0.25, 0.3) is 5.91 Å². The number of fused-ring (bicyclic) bond motifs is 1. The van der Waals surface area contributed by atoms with Crippen molar-refractivity contribution in [2.45, 2.75) is 17.7 Å². The monoisotopic (exact) mass is 388 g/mol. The molecule has 0 radical (unpaired) electrons. The zero-order chi connectivity index (χ0) is 18.1. The van der Waals surface area contributed by atoms with Crippen molar-refractivity contribution in [2.75, 3.05) is 17.6 Å². The Labute approximate surface area is 160 Å². The number of hydrogen-bond donors (Lipinski definition) is 1. The molecule has 4 rings (SSSR count). The van der Waals surface area contributed by atoms with Crippen LogP contribution in [-0.2, 0) is 9.59 Å². The summed E-state index contributed by atoms with van der Waals surface area (Å²) in [5.41, 5.74) is 0.669. The molecule has 134 valence electrons. The van der Waals surface area contributed by atoms with Crippen LogP contribution in [0, 0.1) is 0 Å². The highest BCUT2D eigenvalue weighted by Gasteiger charge is 2.54. The molecule has 0 aliphatic carbocycles. The lowest BCUT2D eigenvalue weighted by Gasteiger charge is -2.29. The molecule has 1 N–H and O–H groups in total. The Hall–Kier alpha value is -2.18. The summed E-state index contributed by atoms with van der Waals surface area (Å²) >= 11 is 7.64. The number of anilines is 1. The zero-order valence-electron chi connectivity index (χ0n) is 13.9. The predicted molar refractivity (Wildman–Crippen MR) is 103 cm³/mol. The molecule has 0 saturated carbocycles. The van der Waals surface area contributed by atoms with Crippen LogP contribution in [0.4, 0.5) is 5.69 Å². The van der Waals surface area contributed by atoms with Crippen LogP contribution in [0.5, 0.6) is 11.5 Å². The summed E-state index contributed by atoms with van der Waals surface area (Å²) in [6.45, 7) is 0.640. The quantitative estimate of drug-likeness (QED) is 0.855. The van der Waals surface area contributed by atoms with Crippen LogP contribution in [0.25, 0.3) is 0 Å². The second kappa shape index (κ2) is 6.85. The molecule has 1 atom stereocenters. The first-order valence-corrected chi connectivity index (χ1v) is 9.73. The summed E-state index contributed by atoms with van der Waals surface area (Å²) in [4.78, 5) is 25.7. The number of para-hydroxylation sites is 1. The number of nitrogens with zero attached hydrogens (tertiary/aromatic N) is 1. The number of nitrogens with one attached hydrogen (secondary N) is 1. The van der Waals surface area contributed by atoms with Gasteiger partial charge in [0.1, 0.15) is 11.5 Å². The fourth-order valence-corrected chi connectivity index (χ4v) is 4.86. The molecule has 0 bridgehead atoms. The molecule has 2 fully saturated rings. The summed E-state index contributed by atoms with van der Waals surface area (Å²) in [6, 6.07) is 14.3. The second-order valence-electron chi connectivity index (χ2n) is 6.19. The number of carbonyl (C=O) groups excluding carboxylic acids is 2. The van der Waals surface area contributed by atoms with E-state index in [1.807, 2.05) is 12.1 Å². The third-order valence-corrected chi connectivity index (χ3v) is 6.39. The van der Waals surface area contributed by atoms with Gasteiger partial charge in [-0.2, -0.15) is 0 Å². The van der Waals surface area contributed by atoms with Gasteiger partial charge < -0.3 is 15.0 Å². The predicted octanol–water partition coefficient (Wildman–Crippen LogP) is 4.14. The lowest BCUT2D eigenvalue weighted by atomic mass is 10.2. The Morgan fingerprint density at radius 1 is 1.19 bits per heavy atom. The van der Waals surface area contributed by atoms with E-state index in [2.05, 4.69) is 5.32 Å². The molecular formula is C19H17ClN2O3S. The number of thioether (sulfide) groups is 1. The summed E-state index contributed by atoms with van der Waals surface area (Å²) < 4.78 is 5.75. The summed E-state index contributed by atoms with van der Waals surface area (Å²) in [6.07, 6.45) is 1.00. The van der Waals surface area contributed by atoms with Crippen LogP contribution in [0.15, 0.2) is 48.5 Å². The smallest absolute Gasteiger partial charge is 0.260 e. The molecule has 2 aromatic rings.